The quantitative estimate of drug-likeness (QED) is 0.750. The first-order chi connectivity index (χ1) is 13.6. The van der Waals surface area contributed by atoms with Crippen molar-refractivity contribution in [3.63, 3.8) is 0 Å². The molecule has 0 radical (unpaired) electrons. The number of unbranched alkanes of at least 4 members (excludes halogenated alkanes) is 1. The number of carbonyl (C=O) groups excluding carboxylic acids is 2. The third kappa shape index (κ3) is 5.00. The molecule has 0 aliphatic carbocycles. The van der Waals surface area contributed by atoms with Crippen LogP contribution in [0.2, 0.25) is 0 Å². The second-order valence-electron chi connectivity index (χ2n) is 7.69. The van der Waals surface area contributed by atoms with E-state index in [-0.39, 0.29) is 17.7 Å². The predicted octanol–water partition coefficient (Wildman–Crippen LogP) is 4.54. The van der Waals surface area contributed by atoms with Gasteiger partial charge in [-0.25, -0.2) is 0 Å². The number of nitrogens with one attached hydrogen (secondary N) is 1. The summed E-state index contributed by atoms with van der Waals surface area (Å²) in [4.78, 5) is 27.2. The standard InChI is InChI=1S/C24H30N2O2/c1-3-4-14-25-23(27)21-8-5-7-20(16-21)22-9-6-15-26(17-22)24(28)19-12-10-18(2)11-13-19/h5,7-8,10-13,16,22H,3-4,6,9,14-15,17H2,1-2H3,(H,25,27)/t22-/m0/s1. The molecule has 4 nitrogen and oxygen atoms in total. The third-order valence-electron chi connectivity index (χ3n) is 5.44. The fourth-order valence-electron chi connectivity index (χ4n) is 3.73. The molecule has 3 rings (SSSR count). The van der Waals surface area contributed by atoms with Crippen LogP contribution < -0.4 is 5.32 Å². The molecule has 2 aromatic rings. The number of aryl methyl sites for hydroxylation is 1. The molecule has 2 aromatic carbocycles. The summed E-state index contributed by atoms with van der Waals surface area (Å²) in [6, 6.07) is 15.7. The highest BCUT2D eigenvalue weighted by molar-refractivity contribution is 5.95. The summed E-state index contributed by atoms with van der Waals surface area (Å²) in [6.07, 6.45) is 4.07. The number of amides is 2. The van der Waals surface area contributed by atoms with E-state index in [1.165, 1.54) is 0 Å². The molecule has 1 heterocycles. The summed E-state index contributed by atoms with van der Waals surface area (Å²) in [5, 5.41) is 2.98. The van der Waals surface area contributed by atoms with E-state index in [0.717, 1.165) is 48.9 Å². The summed E-state index contributed by atoms with van der Waals surface area (Å²) in [6.45, 7) is 6.34. The fourth-order valence-corrected chi connectivity index (χ4v) is 3.73. The van der Waals surface area contributed by atoms with Gasteiger partial charge in [-0.15, -0.1) is 0 Å². The lowest BCUT2D eigenvalue weighted by molar-refractivity contribution is 0.0706. The van der Waals surface area contributed by atoms with Gasteiger partial charge in [-0.2, -0.15) is 0 Å². The molecule has 148 valence electrons. The van der Waals surface area contributed by atoms with E-state index >= 15 is 0 Å². The largest absolute Gasteiger partial charge is 0.352 e. The fraction of sp³-hybridized carbons (Fsp3) is 0.417. The Morgan fingerprint density at radius 3 is 2.64 bits per heavy atom. The molecule has 0 bridgehead atoms. The van der Waals surface area contributed by atoms with Crippen molar-refractivity contribution in [3.8, 4) is 0 Å². The Bertz CT molecular complexity index is 814. The maximum Gasteiger partial charge on any atom is 0.253 e. The average Bonchev–Trinajstić information content (AvgIpc) is 2.74. The molecule has 1 atom stereocenters. The molecule has 0 saturated carbocycles. The van der Waals surface area contributed by atoms with E-state index in [2.05, 4.69) is 18.3 Å². The second-order valence-corrected chi connectivity index (χ2v) is 7.69. The Morgan fingerprint density at radius 1 is 1.11 bits per heavy atom. The Kier molecular flexibility index (Phi) is 6.85. The zero-order valence-corrected chi connectivity index (χ0v) is 16.9. The van der Waals surface area contributed by atoms with Crippen LogP contribution in [-0.2, 0) is 0 Å². The third-order valence-corrected chi connectivity index (χ3v) is 5.44. The van der Waals surface area contributed by atoms with E-state index in [1.807, 2.05) is 54.3 Å². The molecule has 2 amide bonds. The first-order valence-corrected chi connectivity index (χ1v) is 10.3. The van der Waals surface area contributed by atoms with Crippen molar-refractivity contribution >= 4 is 11.8 Å². The maximum absolute atomic E-state index is 12.9. The van der Waals surface area contributed by atoms with Crippen LogP contribution in [0.5, 0.6) is 0 Å². The number of hydrogen-bond acceptors (Lipinski definition) is 2. The highest BCUT2D eigenvalue weighted by atomic mass is 16.2. The minimum Gasteiger partial charge on any atom is -0.352 e. The van der Waals surface area contributed by atoms with Gasteiger partial charge in [0, 0.05) is 36.7 Å². The topological polar surface area (TPSA) is 49.4 Å². The van der Waals surface area contributed by atoms with E-state index in [0.29, 0.717) is 18.7 Å². The van der Waals surface area contributed by atoms with Gasteiger partial charge in [0.1, 0.15) is 0 Å². The van der Waals surface area contributed by atoms with E-state index in [1.54, 1.807) is 0 Å². The summed E-state index contributed by atoms with van der Waals surface area (Å²) in [7, 11) is 0. The first-order valence-electron chi connectivity index (χ1n) is 10.3. The lowest BCUT2D eigenvalue weighted by Crippen LogP contribution is -2.39. The number of rotatable bonds is 6. The predicted molar refractivity (Wildman–Crippen MR) is 113 cm³/mol. The molecular weight excluding hydrogens is 348 g/mol. The normalized spacial score (nSPS) is 16.6. The van der Waals surface area contributed by atoms with Crippen LogP contribution in [0.1, 0.15) is 70.4 Å². The zero-order valence-electron chi connectivity index (χ0n) is 16.9. The smallest absolute Gasteiger partial charge is 0.253 e. The van der Waals surface area contributed by atoms with E-state index < -0.39 is 0 Å². The lowest BCUT2D eigenvalue weighted by Gasteiger charge is -2.33. The summed E-state index contributed by atoms with van der Waals surface area (Å²) in [5.74, 6) is 0.350. The van der Waals surface area contributed by atoms with Gasteiger partial charge >= 0.3 is 0 Å². The van der Waals surface area contributed by atoms with Crippen molar-refractivity contribution in [3.05, 3.63) is 70.8 Å². The SMILES string of the molecule is CCCCNC(=O)c1cccc([C@H]2CCCN(C(=O)c3ccc(C)cc3)C2)c1. The van der Waals surface area contributed by atoms with Crippen molar-refractivity contribution in [2.24, 2.45) is 0 Å². The number of hydrogen-bond donors (Lipinski definition) is 1. The molecular formula is C24H30N2O2. The molecule has 1 aliphatic heterocycles. The van der Waals surface area contributed by atoms with Gasteiger partial charge in [0.15, 0.2) is 0 Å². The van der Waals surface area contributed by atoms with Crippen molar-refractivity contribution < 1.29 is 9.59 Å². The molecule has 0 spiro atoms. The highest BCUT2D eigenvalue weighted by Gasteiger charge is 2.26. The average molecular weight is 379 g/mol. The molecule has 1 N–H and O–H groups in total. The summed E-state index contributed by atoms with van der Waals surface area (Å²) >= 11 is 0. The number of likely N-dealkylation sites (tertiary alicyclic amines) is 1. The van der Waals surface area contributed by atoms with Crippen LogP contribution in [0.15, 0.2) is 48.5 Å². The van der Waals surface area contributed by atoms with Crippen molar-refractivity contribution in [2.75, 3.05) is 19.6 Å². The highest BCUT2D eigenvalue weighted by Crippen LogP contribution is 2.28. The minimum absolute atomic E-state index is 0.0151. The molecule has 0 aromatic heterocycles. The van der Waals surface area contributed by atoms with Crippen molar-refractivity contribution in [1.29, 1.82) is 0 Å². The van der Waals surface area contributed by atoms with Crippen LogP contribution in [0.3, 0.4) is 0 Å². The second kappa shape index (κ2) is 9.54. The molecule has 1 fully saturated rings. The zero-order chi connectivity index (χ0) is 19.9. The number of carbonyl (C=O) groups is 2. The van der Waals surface area contributed by atoms with Crippen molar-refractivity contribution in [1.82, 2.24) is 10.2 Å². The van der Waals surface area contributed by atoms with Crippen LogP contribution in [-0.4, -0.2) is 36.3 Å². The monoisotopic (exact) mass is 378 g/mol. The maximum atomic E-state index is 12.9. The molecule has 1 aliphatic rings. The summed E-state index contributed by atoms with van der Waals surface area (Å²) in [5.41, 5.74) is 3.75. The minimum atomic E-state index is -0.0151. The van der Waals surface area contributed by atoms with Crippen LogP contribution in [0.25, 0.3) is 0 Å². The Balaban J connectivity index is 1.68. The van der Waals surface area contributed by atoms with Gasteiger partial charge in [-0.1, -0.05) is 43.2 Å². The molecule has 0 unspecified atom stereocenters. The van der Waals surface area contributed by atoms with Gasteiger partial charge in [0.2, 0.25) is 0 Å². The van der Waals surface area contributed by atoms with Gasteiger partial charge in [0.05, 0.1) is 0 Å². The molecule has 1 saturated heterocycles. The van der Waals surface area contributed by atoms with E-state index in [9.17, 15) is 9.59 Å². The molecule has 28 heavy (non-hydrogen) atoms. The Labute approximate surface area is 167 Å². The van der Waals surface area contributed by atoms with Crippen LogP contribution in [0.4, 0.5) is 0 Å². The number of nitrogens with zero attached hydrogens (tertiary/aromatic N) is 1. The van der Waals surface area contributed by atoms with Crippen LogP contribution >= 0.6 is 0 Å². The van der Waals surface area contributed by atoms with Gasteiger partial charge in [-0.05, 0) is 56.0 Å². The summed E-state index contributed by atoms with van der Waals surface area (Å²) < 4.78 is 0. The van der Waals surface area contributed by atoms with Gasteiger partial charge < -0.3 is 10.2 Å². The lowest BCUT2D eigenvalue weighted by atomic mass is 9.89. The van der Waals surface area contributed by atoms with Crippen molar-refractivity contribution in [2.45, 2.75) is 45.4 Å². The Hall–Kier alpha value is -2.62. The Morgan fingerprint density at radius 2 is 1.89 bits per heavy atom. The van der Waals surface area contributed by atoms with Gasteiger partial charge in [-0.3, -0.25) is 9.59 Å². The van der Waals surface area contributed by atoms with Crippen LogP contribution in [0, 0.1) is 6.92 Å². The van der Waals surface area contributed by atoms with E-state index in [4.69, 9.17) is 0 Å². The first kappa shape index (κ1) is 20.1. The molecule has 4 heteroatoms. The number of benzene rings is 2. The number of piperidine rings is 1. The van der Waals surface area contributed by atoms with Gasteiger partial charge in [0.25, 0.3) is 11.8 Å².